The van der Waals surface area contributed by atoms with Crippen LogP contribution in [0.5, 0.6) is 5.88 Å². The first-order valence-electron chi connectivity index (χ1n) is 6.49. The Bertz CT molecular complexity index is 798. The van der Waals surface area contributed by atoms with Crippen molar-refractivity contribution in [3.05, 3.63) is 52.9 Å². The van der Waals surface area contributed by atoms with E-state index in [4.69, 9.17) is 16.2 Å². The van der Waals surface area contributed by atoms with Crippen molar-refractivity contribution in [3.8, 4) is 11.9 Å². The third kappa shape index (κ3) is 2.23. The van der Waals surface area contributed by atoms with E-state index in [0.717, 1.165) is 5.56 Å². The highest BCUT2D eigenvalue weighted by molar-refractivity contribution is 7.98. The molecular formula is C15H13N5OS. The number of benzene rings is 1. The summed E-state index contributed by atoms with van der Waals surface area (Å²) >= 11 is 1.36. The molecule has 1 atom stereocenters. The van der Waals surface area contributed by atoms with Crippen molar-refractivity contribution in [2.45, 2.75) is 11.1 Å². The van der Waals surface area contributed by atoms with Gasteiger partial charge in [-0.25, -0.2) is 4.98 Å². The number of allylic oxidation sites excluding steroid dienone is 1. The molecule has 0 aliphatic carbocycles. The second-order valence-electron chi connectivity index (χ2n) is 4.65. The topological polar surface area (TPSA) is 111 Å². The molecule has 3 rings (SSSR count). The summed E-state index contributed by atoms with van der Waals surface area (Å²) in [4.78, 5) is 8.56. The monoisotopic (exact) mass is 311 g/mol. The molecule has 2 aromatic rings. The van der Waals surface area contributed by atoms with Crippen LogP contribution in [-0.2, 0) is 0 Å². The molecule has 110 valence electrons. The average molecular weight is 311 g/mol. The number of fused-ring (bicyclic) bond motifs is 1. The van der Waals surface area contributed by atoms with Gasteiger partial charge in [-0.1, -0.05) is 42.1 Å². The number of ether oxygens (including phenoxy) is 1. The van der Waals surface area contributed by atoms with Gasteiger partial charge in [-0.05, 0) is 11.8 Å². The SMILES string of the molecule is CSc1nc(N)c2c(n1)OC(N)=C(C#N)C2c1ccccc1. The summed E-state index contributed by atoms with van der Waals surface area (Å²) < 4.78 is 5.50. The summed E-state index contributed by atoms with van der Waals surface area (Å²) in [6.07, 6.45) is 1.85. The van der Waals surface area contributed by atoms with Crippen molar-refractivity contribution in [3.63, 3.8) is 0 Å². The van der Waals surface area contributed by atoms with Crippen LogP contribution in [-0.4, -0.2) is 16.2 Å². The maximum absolute atomic E-state index is 9.46. The van der Waals surface area contributed by atoms with Gasteiger partial charge in [0.05, 0.1) is 11.5 Å². The predicted molar refractivity (Wildman–Crippen MR) is 84.0 cm³/mol. The molecule has 2 heterocycles. The first kappa shape index (κ1) is 14.2. The molecule has 1 aliphatic rings. The van der Waals surface area contributed by atoms with E-state index in [0.29, 0.717) is 28.0 Å². The molecule has 1 unspecified atom stereocenters. The molecule has 0 fully saturated rings. The lowest BCUT2D eigenvalue weighted by Crippen LogP contribution is -2.23. The van der Waals surface area contributed by atoms with Gasteiger partial charge in [0.25, 0.3) is 0 Å². The van der Waals surface area contributed by atoms with Crippen molar-refractivity contribution < 1.29 is 4.74 Å². The number of aromatic nitrogens is 2. The Morgan fingerprint density at radius 2 is 1.95 bits per heavy atom. The molecule has 0 spiro atoms. The van der Waals surface area contributed by atoms with Gasteiger partial charge in [0.1, 0.15) is 17.5 Å². The second kappa shape index (κ2) is 5.58. The molecule has 6 nitrogen and oxygen atoms in total. The average Bonchev–Trinajstić information content (AvgIpc) is 2.54. The highest BCUT2D eigenvalue weighted by atomic mass is 32.2. The number of hydrogen-bond donors (Lipinski definition) is 2. The fourth-order valence-corrected chi connectivity index (χ4v) is 2.79. The Morgan fingerprint density at radius 3 is 2.59 bits per heavy atom. The zero-order valence-corrected chi connectivity index (χ0v) is 12.6. The molecule has 1 aromatic heterocycles. The Labute approximate surface area is 131 Å². The number of rotatable bonds is 2. The van der Waals surface area contributed by atoms with E-state index in [9.17, 15) is 5.26 Å². The summed E-state index contributed by atoms with van der Waals surface area (Å²) in [5, 5.41) is 9.95. The lowest BCUT2D eigenvalue weighted by Gasteiger charge is -2.26. The molecule has 0 amide bonds. The minimum Gasteiger partial charge on any atom is -0.422 e. The Morgan fingerprint density at radius 1 is 1.23 bits per heavy atom. The molecule has 22 heavy (non-hydrogen) atoms. The standard InChI is InChI=1S/C15H13N5OS/c1-22-15-19-12(17)11-10(8-5-3-2-4-6-8)9(7-16)13(18)21-14(11)20-15/h2-6,10H,18H2,1H3,(H2,17,19,20). The Hall–Kier alpha value is -2.72. The van der Waals surface area contributed by atoms with Crippen molar-refractivity contribution in [2.24, 2.45) is 5.73 Å². The zero-order chi connectivity index (χ0) is 15.7. The smallest absolute Gasteiger partial charge is 0.231 e. The fourth-order valence-electron chi connectivity index (χ4n) is 2.43. The minimum atomic E-state index is -0.425. The molecular weight excluding hydrogens is 298 g/mol. The molecule has 1 aliphatic heterocycles. The fraction of sp³-hybridized carbons (Fsp3) is 0.133. The van der Waals surface area contributed by atoms with E-state index in [1.807, 2.05) is 36.6 Å². The summed E-state index contributed by atoms with van der Waals surface area (Å²) in [7, 11) is 0. The highest BCUT2D eigenvalue weighted by Gasteiger charge is 2.34. The molecule has 0 bridgehead atoms. The first-order valence-corrected chi connectivity index (χ1v) is 7.72. The highest BCUT2D eigenvalue weighted by Crippen LogP contribution is 2.43. The van der Waals surface area contributed by atoms with Crippen molar-refractivity contribution in [2.75, 3.05) is 12.0 Å². The van der Waals surface area contributed by atoms with Crippen LogP contribution in [0.15, 0.2) is 46.9 Å². The molecule has 4 N–H and O–H groups in total. The molecule has 0 radical (unpaired) electrons. The van der Waals surface area contributed by atoms with E-state index >= 15 is 0 Å². The number of thioether (sulfide) groups is 1. The van der Waals surface area contributed by atoms with E-state index in [1.54, 1.807) is 0 Å². The Balaban J connectivity index is 2.26. The van der Waals surface area contributed by atoms with Gasteiger partial charge >= 0.3 is 0 Å². The van der Waals surface area contributed by atoms with Crippen LogP contribution in [0.1, 0.15) is 17.0 Å². The Kier molecular flexibility index (Phi) is 3.61. The predicted octanol–water partition coefficient (Wildman–Crippen LogP) is 2.00. The van der Waals surface area contributed by atoms with Gasteiger partial charge in [-0.15, -0.1) is 0 Å². The van der Waals surface area contributed by atoms with Crippen molar-refractivity contribution >= 4 is 17.6 Å². The molecule has 0 saturated carbocycles. The first-order chi connectivity index (χ1) is 10.7. The second-order valence-corrected chi connectivity index (χ2v) is 5.42. The van der Waals surface area contributed by atoms with E-state index in [1.165, 1.54) is 11.8 Å². The van der Waals surface area contributed by atoms with Crippen LogP contribution >= 0.6 is 11.8 Å². The normalized spacial score (nSPS) is 16.6. The van der Waals surface area contributed by atoms with Crippen LogP contribution < -0.4 is 16.2 Å². The summed E-state index contributed by atoms with van der Waals surface area (Å²) in [5.74, 6) is 0.227. The zero-order valence-electron chi connectivity index (χ0n) is 11.8. The van der Waals surface area contributed by atoms with Crippen molar-refractivity contribution in [1.82, 2.24) is 9.97 Å². The van der Waals surface area contributed by atoms with Crippen LogP contribution in [0, 0.1) is 11.3 Å². The number of nitrogen functional groups attached to an aromatic ring is 1. The largest absolute Gasteiger partial charge is 0.422 e. The summed E-state index contributed by atoms with van der Waals surface area (Å²) in [6.45, 7) is 0. The van der Waals surface area contributed by atoms with Crippen LogP contribution in [0.2, 0.25) is 0 Å². The third-order valence-corrected chi connectivity index (χ3v) is 3.95. The lowest BCUT2D eigenvalue weighted by molar-refractivity contribution is 0.373. The van der Waals surface area contributed by atoms with Gasteiger partial charge in [-0.3, -0.25) is 0 Å². The van der Waals surface area contributed by atoms with Gasteiger partial charge in [0.15, 0.2) is 5.16 Å². The quantitative estimate of drug-likeness (QED) is 0.644. The molecule has 0 saturated heterocycles. The third-order valence-electron chi connectivity index (χ3n) is 3.41. The molecule has 7 heteroatoms. The molecule has 1 aromatic carbocycles. The van der Waals surface area contributed by atoms with Crippen LogP contribution in [0.25, 0.3) is 0 Å². The lowest BCUT2D eigenvalue weighted by atomic mass is 9.85. The van der Waals surface area contributed by atoms with Gasteiger partial charge in [0.2, 0.25) is 11.8 Å². The van der Waals surface area contributed by atoms with Crippen LogP contribution in [0.4, 0.5) is 5.82 Å². The van der Waals surface area contributed by atoms with Gasteiger partial charge in [-0.2, -0.15) is 10.2 Å². The number of nitrogens with two attached hydrogens (primary N) is 2. The summed E-state index contributed by atoms with van der Waals surface area (Å²) in [5.41, 5.74) is 13.8. The number of hydrogen-bond acceptors (Lipinski definition) is 7. The minimum absolute atomic E-state index is 0.0500. The maximum atomic E-state index is 9.46. The number of nitriles is 1. The summed E-state index contributed by atoms with van der Waals surface area (Å²) in [6, 6.07) is 11.6. The maximum Gasteiger partial charge on any atom is 0.231 e. The van der Waals surface area contributed by atoms with E-state index in [-0.39, 0.29) is 5.88 Å². The van der Waals surface area contributed by atoms with Crippen molar-refractivity contribution in [1.29, 1.82) is 5.26 Å². The van der Waals surface area contributed by atoms with E-state index < -0.39 is 5.92 Å². The van der Waals surface area contributed by atoms with E-state index in [2.05, 4.69) is 16.0 Å². The van der Waals surface area contributed by atoms with Crippen LogP contribution in [0.3, 0.4) is 0 Å². The van der Waals surface area contributed by atoms with Gasteiger partial charge < -0.3 is 16.2 Å². The number of nitrogens with zero attached hydrogens (tertiary/aromatic N) is 3. The number of anilines is 1. The van der Waals surface area contributed by atoms with Gasteiger partial charge in [0, 0.05) is 0 Å².